The predicted octanol–water partition coefficient (Wildman–Crippen LogP) is 3.92. The topological polar surface area (TPSA) is 99.2 Å². The Morgan fingerprint density at radius 2 is 2.21 bits per heavy atom. The average Bonchev–Trinajstić information content (AvgIpc) is 3.38. The van der Waals surface area contributed by atoms with Gasteiger partial charge in [-0.2, -0.15) is 0 Å². The summed E-state index contributed by atoms with van der Waals surface area (Å²) in [7, 11) is 1.31. The summed E-state index contributed by atoms with van der Waals surface area (Å²) in [6.07, 6.45) is 3.34. The van der Waals surface area contributed by atoms with E-state index in [0.29, 0.717) is 28.1 Å². The molecule has 3 aromatic heterocycles. The number of amides is 1. The molecule has 10 heteroatoms. The van der Waals surface area contributed by atoms with Gasteiger partial charge in [-0.15, -0.1) is 28.1 Å². The Balaban J connectivity index is 1.73. The van der Waals surface area contributed by atoms with Crippen LogP contribution in [0.15, 0.2) is 40.6 Å². The lowest BCUT2D eigenvalue weighted by molar-refractivity contribution is -0.113. The molecule has 1 N–H and O–H groups in total. The first-order valence-electron chi connectivity index (χ1n) is 8.64. The number of esters is 1. The van der Waals surface area contributed by atoms with E-state index in [1.54, 1.807) is 18.4 Å². The molecule has 0 aliphatic heterocycles. The number of carbonyl (C=O) groups excluding carboxylic acids is 2. The number of carbonyl (C=O) groups is 2. The molecule has 3 heterocycles. The van der Waals surface area contributed by atoms with Gasteiger partial charge in [0.15, 0.2) is 11.0 Å². The maximum Gasteiger partial charge on any atom is 0.340 e. The minimum atomic E-state index is -0.483. The number of thioether (sulfide) groups is 1. The van der Waals surface area contributed by atoms with Crippen molar-refractivity contribution in [1.82, 2.24) is 14.8 Å². The van der Waals surface area contributed by atoms with Gasteiger partial charge in [0.05, 0.1) is 30.3 Å². The number of aryl methyl sites for hydroxylation is 2. The first-order valence-corrected chi connectivity index (χ1v) is 10.4. The van der Waals surface area contributed by atoms with Crippen LogP contribution < -0.4 is 5.32 Å². The maximum absolute atomic E-state index is 12.4. The second-order valence-corrected chi connectivity index (χ2v) is 8.22. The van der Waals surface area contributed by atoms with Crippen molar-refractivity contribution < 1.29 is 18.7 Å². The fraction of sp³-hybridized carbons (Fsp3) is 0.263. The van der Waals surface area contributed by atoms with E-state index < -0.39 is 5.97 Å². The van der Waals surface area contributed by atoms with Gasteiger partial charge in [-0.05, 0) is 26.0 Å². The van der Waals surface area contributed by atoms with Gasteiger partial charge in [-0.25, -0.2) is 4.79 Å². The van der Waals surface area contributed by atoms with Crippen LogP contribution in [0.25, 0.3) is 11.4 Å². The molecule has 0 radical (unpaired) electrons. The van der Waals surface area contributed by atoms with Gasteiger partial charge < -0.3 is 14.5 Å². The number of rotatable bonds is 8. The Bertz CT molecular complexity index is 1050. The highest BCUT2D eigenvalue weighted by Gasteiger charge is 2.20. The number of methoxy groups -OCH3 is 1. The molecule has 0 saturated heterocycles. The average molecular weight is 433 g/mol. The van der Waals surface area contributed by atoms with Crippen molar-refractivity contribution >= 4 is 40.0 Å². The molecule has 8 nitrogen and oxygen atoms in total. The number of hydrogen-bond acceptors (Lipinski definition) is 8. The Hall–Kier alpha value is -2.85. The summed E-state index contributed by atoms with van der Waals surface area (Å²) in [6, 6.07) is 3.52. The Kier molecular flexibility index (Phi) is 6.55. The van der Waals surface area contributed by atoms with Crippen LogP contribution in [0.5, 0.6) is 0 Å². The third-order valence-electron chi connectivity index (χ3n) is 3.97. The Labute approximate surface area is 176 Å². The molecule has 0 unspecified atom stereocenters. The van der Waals surface area contributed by atoms with E-state index in [1.807, 2.05) is 24.5 Å². The molecule has 1 amide bonds. The molecule has 0 aliphatic carbocycles. The highest BCUT2D eigenvalue weighted by atomic mass is 32.2. The number of nitrogens with one attached hydrogen (secondary N) is 1. The minimum Gasteiger partial charge on any atom is -0.469 e. The van der Waals surface area contributed by atoms with Gasteiger partial charge in [0, 0.05) is 11.4 Å². The molecule has 29 heavy (non-hydrogen) atoms. The molecule has 0 saturated carbocycles. The molecule has 0 fully saturated rings. The highest BCUT2D eigenvalue weighted by molar-refractivity contribution is 7.99. The summed E-state index contributed by atoms with van der Waals surface area (Å²) in [5.74, 6) is 0.762. The van der Waals surface area contributed by atoms with E-state index >= 15 is 0 Å². The van der Waals surface area contributed by atoms with Gasteiger partial charge in [0.1, 0.15) is 10.8 Å². The van der Waals surface area contributed by atoms with Crippen molar-refractivity contribution in [3.8, 4) is 11.4 Å². The van der Waals surface area contributed by atoms with Crippen molar-refractivity contribution in [2.75, 3.05) is 18.2 Å². The van der Waals surface area contributed by atoms with Crippen LogP contribution in [0.3, 0.4) is 0 Å². The summed E-state index contributed by atoms with van der Waals surface area (Å²) in [5.41, 5.74) is 1.19. The molecular formula is C19H20N4O4S2. The zero-order valence-corrected chi connectivity index (χ0v) is 17.9. The van der Waals surface area contributed by atoms with E-state index in [0.717, 1.165) is 16.2 Å². The Morgan fingerprint density at radius 1 is 1.41 bits per heavy atom. The van der Waals surface area contributed by atoms with Gasteiger partial charge in [0.2, 0.25) is 5.91 Å². The van der Waals surface area contributed by atoms with Crippen LogP contribution in [0.1, 0.15) is 21.0 Å². The number of furan rings is 1. The monoisotopic (exact) mass is 432 g/mol. The van der Waals surface area contributed by atoms with Gasteiger partial charge in [0.25, 0.3) is 0 Å². The molecule has 3 aromatic rings. The normalized spacial score (nSPS) is 10.7. The quantitative estimate of drug-likeness (QED) is 0.327. The molecule has 0 aliphatic rings. The lowest BCUT2D eigenvalue weighted by atomic mass is 10.2. The molecule has 0 aromatic carbocycles. The number of anilines is 1. The molecule has 152 valence electrons. The lowest BCUT2D eigenvalue weighted by Gasteiger charge is -2.08. The van der Waals surface area contributed by atoms with E-state index in [-0.39, 0.29) is 11.7 Å². The summed E-state index contributed by atoms with van der Waals surface area (Å²) >= 11 is 2.58. The van der Waals surface area contributed by atoms with E-state index in [9.17, 15) is 9.59 Å². The number of ether oxygens (including phenoxy) is 1. The van der Waals surface area contributed by atoms with E-state index in [1.165, 1.54) is 30.2 Å². The number of allylic oxidation sites excluding steroid dienone is 1. The largest absolute Gasteiger partial charge is 0.469 e. The SMILES string of the molecule is C=CCn1c(SCC(=O)Nc2sc(C)cc2C(=O)OC)nnc1-c1ccoc1C. The third kappa shape index (κ3) is 4.60. The summed E-state index contributed by atoms with van der Waals surface area (Å²) in [6.45, 7) is 7.98. The molecule has 0 spiro atoms. The fourth-order valence-electron chi connectivity index (χ4n) is 2.67. The van der Waals surface area contributed by atoms with Crippen molar-refractivity contribution in [2.45, 2.75) is 25.5 Å². The van der Waals surface area contributed by atoms with Crippen LogP contribution in [0.2, 0.25) is 0 Å². The first kappa shape index (κ1) is 20.9. The van der Waals surface area contributed by atoms with Gasteiger partial charge in [-0.3, -0.25) is 9.36 Å². The van der Waals surface area contributed by atoms with Crippen molar-refractivity contribution in [3.63, 3.8) is 0 Å². The van der Waals surface area contributed by atoms with Gasteiger partial charge in [-0.1, -0.05) is 17.8 Å². The summed E-state index contributed by atoms with van der Waals surface area (Å²) in [4.78, 5) is 25.2. The number of thiophene rings is 1. The van der Waals surface area contributed by atoms with E-state index in [2.05, 4.69) is 22.1 Å². The molecular weight excluding hydrogens is 412 g/mol. The van der Waals surface area contributed by atoms with Crippen molar-refractivity contribution in [3.05, 3.63) is 47.3 Å². The van der Waals surface area contributed by atoms with Gasteiger partial charge >= 0.3 is 5.97 Å². The smallest absolute Gasteiger partial charge is 0.340 e. The number of nitrogens with zero attached hydrogens (tertiary/aromatic N) is 3. The maximum atomic E-state index is 12.4. The zero-order valence-electron chi connectivity index (χ0n) is 16.2. The predicted molar refractivity (Wildman–Crippen MR) is 112 cm³/mol. The number of aromatic nitrogens is 3. The second-order valence-electron chi connectivity index (χ2n) is 6.02. The molecule has 0 bridgehead atoms. The number of hydrogen-bond donors (Lipinski definition) is 1. The molecule has 3 rings (SSSR count). The Morgan fingerprint density at radius 3 is 2.86 bits per heavy atom. The van der Waals surface area contributed by atoms with Crippen LogP contribution in [-0.2, 0) is 16.1 Å². The second kappa shape index (κ2) is 9.10. The summed E-state index contributed by atoms with van der Waals surface area (Å²) < 4.78 is 12.0. The zero-order chi connectivity index (χ0) is 21.0. The van der Waals surface area contributed by atoms with Crippen molar-refractivity contribution in [1.29, 1.82) is 0 Å². The van der Waals surface area contributed by atoms with Crippen molar-refractivity contribution in [2.24, 2.45) is 0 Å². The van der Waals surface area contributed by atoms with Crippen LogP contribution in [0, 0.1) is 13.8 Å². The standard InChI is InChI=1S/C19H20N4O4S2/c1-5-7-23-16(13-6-8-27-12(13)3)21-22-19(23)28-10-15(24)20-17-14(18(25)26-4)9-11(2)29-17/h5-6,8-9H,1,7,10H2,2-4H3,(H,20,24). The van der Waals surface area contributed by atoms with Crippen LogP contribution >= 0.6 is 23.1 Å². The van der Waals surface area contributed by atoms with Crippen LogP contribution in [0.4, 0.5) is 5.00 Å². The first-order chi connectivity index (χ1) is 13.9. The van der Waals surface area contributed by atoms with E-state index in [4.69, 9.17) is 9.15 Å². The summed E-state index contributed by atoms with van der Waals surface area (Å²) in [5, 5.41) is 12.3. The minimum absolute atomic E-state index is 0.108. The lowest BCUT2D eigenvalue weighted by Crippen LogP contribution is -2.16. The van der Waals surface area contributed by atoms with Crippen LogP contribution in [-0.4, -0.2) is 39.5 Å². The fourth-order valence-corrected chi connectivity index (χ4v) is 4.33. The third-order valence-corrected chi connectivity index (χ3v) is 5.91. The highest BCUT2D eigenvalue weighted by Crippen LogP contribution is 2.30. The molecule has 0 atom stereocenters.